The van der Waals surface area contributed by atoms with Gasteiger partial charge >= 0.3 is 5.97 Å². The average Bonchev–Trinajstić information content (AvgIpc) is 3.32. The van der Waals surface area contributed by atoms with Crippen LogP contribution in [-0.4, -0.2) is 49.8 Å². The van der Waals surface area contributed by atoms with Crippen molar-refractivity contribution in [2.75, 3.05) is 29.0 Å². The number of rotatable bonds is 9. The molecule has 0 aliphatic carbocycles. The molecule has 1 aromatic carbocycles. The van der Waals surface area contributed by atoms with Gasteiger partial charge in [-0.2, -0.15) is 0 Å². The van der Waals surface area contributed by atoms with E-state index in [0.29, 0.717) is 36.5 Å². The SMILES string of the molecule is CCOC(=O)Cc1csc(SCC(=O)c2ccc3c(c2)CCN3S(=O)(=O)CC)n1. The summed E-state index contributed by atoms with van der Waals surface area (Å²) in [4.78, 5) is 28.4. The summed E-state index contributed by atoms with van der Waals surface area (Å²) in [6.07, 6.45) is 0.730. The van der Waals surface area contributed by atoms with Crippen molar-refractivity contribution in [1.82, 2.24) is 4.98 Å². The summed E-state index contributed by atoms with van der Waals surface area (Å²) in [5.74, 6) is -0.0860. The third-order valence-electron chi connectivity index (χ3n) is 4.44. The molecule has 0 saturated heterocycles. The first-order chi connectivity index (χ1) is 13.8. The van der Waals surface area contributed by atoms with Crippen LogP contribution in [0.3, 0.4) is 0 Å². The van der Waals surface area contributed by atoms with Gasteiger partial charge in [-0.25, -0.2) is 13.4 Å². The average molecular weight is 455 g/mol. The summed E-state index contributed by atoms with van der Waals surface area (Å²) in [6, 6.07) is 5.19. The van der Waals surface area contributed by atoms with Crippen LogP contribution in [0, 0.1) is 0 Å². The van der Waals surface area contributed by atoms with Crippen LogP contribution in [-0.2, 0) is 32.4 Å². The van der Waals surface area contributed by atoms with Crippen molar-refractivity contribution in [1.29, 1.82) is 0 Å². The van der Waals surface area contributed by atoms with Crippen molar-refractivity contribution in [3.05, 3.63) is 40.4 Å². The quantitative estimate of drug-likeness (QED) is 0.327. The number of aromatic nitrogens is 1. The second-order valence-corrected chi connectivity index (χ2v) is 10.6. The molecule has 29 heavy (non-hydrogen) atoms. The number of anilines is 1. The summed E-state index contributed by atoms with van der Waals surface area (Å²) < 4.78 is 31.4. The highest BCUT2D eigenvalue weighted by Gasteiger charge is 2.28. The molecule has 156 valence electrons. The highest BCUT2D eigenvalue weighted by molar-refractivity contribution is 8.01. The van der Waals surface area contributed by atoms with Gasteiger partial charge in [-0.15, -0.1) is 11.3 Å². The minimum absolute atomic E-state index is 0.0447. The number of fused-ring (bicyclic) bond motifs is 1. The molecule has 3 rings (SSSR count). The fraction of sp³-hybridized carbons (Fsp3) is 0.421. The van der Waals surface area contributed by atoms with Gasteiger partial charge in [0.2, 0.25) is 10.0 Å². The van der Waals surface area contributed by atoms with Crippen LogP contribution >= 0.6 is 23.1 Å². The van der Waals surface area contributed by atoms with Gasteiger partial charge in [0.1, 0.15) is 0 Å². The number of Topliss-reactive ketones (excluding diaryl/α,β-unsaturated/α-hetero) is 1. The normalized spacial score (nSPS) is 13.4. The van der Waals surface area contributed by atoms with Crippen molar-refractivity contribution in [3.63, 3.8) is 0 Å². The molecular weight excluding hydrogens is 432 g/mol. The van der Waals surface area contributed by atoms with E-state index in [1.807, 2.05) is 0 Å². The second-order valence-electron chi connectivity index (χ2n) is 6.36. The van der Waals surface area contributed by atoms with Crippen LogP contribution in [0.4, 0.5) is 5.69 Å². The van der Waals surface area contributed by atoms with E-state index >= 15 is 0 Å². The van der Waals surface area contributed by atoms with Gasteiger partial charge in [0, 0.05) is 17.5 Å². The Kier molecular flexibility index (Phi) is 6.97. The van der Waals surface area contributed by atoms with Gasteiger partial charge in [-0.05, 0) is 44.0 Å². The Balaban J connectivity index is 1.61. The number of hydrogen-bond acceptors (Lipinski definition) is 8. The molecule has 0 fully saturated rings. The number of thiazole rings is 1. The minimum Gasteiger partial charge on any atom is -0.466 e. The van der Waals surface area contributed by atoms with Crippen LogP contribution in [0.2, 0.25) is 0 Å². The number of ketones is 1. The lowest BCUT2D eigenvalue weighted by Crippen LogP contribution is -2.30. The van der Waals surface area contributed by atoms with Crippen LogP contribution in [0.1, 0.15) is 35.5 Å². The smallest absolute Gasteiger partial charge is 0.311 e. The Hall–Kier alpha value is -1.91. The summed E-state index contributed by atoms with van der Waals surface area (Å²) in [5, 5.41) is 1.79. The molecule has 0 spiro atoms. The van der Waals surface area contributed by atoms with Crippen molar-refractivity contribution >= 4 is 50.6 Å². The molecule has 7 nitrogen and oxygen atoms in total. The fourth-order valence-corrected chi connectivity index (χ4v) is 5.89. The molecule has 0 atom stereocenters. The molecule has 0 bridgehead atoms. The van der Waals surface area contributed by atoms with Gasteiger partial charge in [0.05, 0.1) is 35.9 Å². The molecule has 2 aromatic rings. The predicted octanol–water partition coefficient (Wildman–Crippen LogP) is 2.94. The molecule has 10 heteroatoms. The van der Waals surface area contributed by atoms with E-state index in [1.165, 1.54) is 27.4 Å². The molecule has 0 unspecified atom stereocenters. The van der Waals surface area contributed by atoms with Crippen LogP contribution in [0.5, 0.6) is 0 Å². The number of carbonyl (C=O) groups excluding carboxylic acids is 2. The third-order valence-corrected chi connectivity index (χ3v) is 8.29. The minimum atomic E-state index is -3.30. The standard InChI is InChI=1S/C19H22N2O5S3/c1-3-26-18(23)10-15-11-27-19(20-15)28-12-17(22)14-5-6-16-13(9-14)7-8-21(16)29(24,25)4-2/h5-6,9,11H,3-4,7-8,10,12H2,1-2H3. The van der Waals surface area contributed by atoms with Crippen LogP contribution in [0.25, 0.3) is 0 Å². The first kappa shape index (κ1) is 21.8. The van der Waals surface area contributed by atoms with Gasteiger partial charge in [-0.1, -0.05) is 11.8 Å². The van der Waals surface area contributed by atoms with Crippen molar-refractivity contribution < 1.29 is 22.7 Å². The zero-order valence-electron chi connectivity index (χ0n) is 16.2. The van der Waals surface area contributed by atoms with Crippen molar-refractivity contribution in [3.8, 4) is 0 Å². The van der Waals surface area contributed by atoms with E-state index in [2.05, 4.69) is 4.98 Å². The van der Waals surface area contributed by atoms with Gasteiger partial charge < -0.3 is 4.74 Å². The Morgan fingerprint density at radius 3 is 2.83 bits per heavy atom. The van der Waals surface area contributed by atoms with Crippen molar-refractivity contribution in [2.45, 2.75) is 31.0 Å². The fourth-order valence-electron chi connectivity index (χ4n) is 3.00. The molecule has 2 heterocycles. The molecule has 0 N–H and O–H groups in total. The number of sulfonamides is 1. The number of esters is 1. The first-order valence-electron chi connectivity index (χ1n) is 9.23. The van der Waals surface area contributed by atoms with E-state index in [4.69, 9.17) is 4.74 Å². The van der Waals surface area contributed by atoms with Crippen LogP contribution in [0.15, 0.2) is 27.9 Å². The monoisotopic (exact) mass is 454 g/mol. The molecule has 1 aromatic heterocycles. The maximum atomic E-state index is 12.6. The Morgan fingerprint density at radius 2 is 2.10 bits per heavy atom. The van der Waals surface area contributed by atoms with E-state index < -0.39 is 10.0 Å². The van der Waals surface area contributed by atoms with Gasteiger partial charge in [-0.3, -0.25) is 13.9 Å². The lowest BCUT2D eigenvalue weighted by atomic mass is 10.1. The lowest BCUT2D eigenvalue weighted by molar-refractivity contribution is -0.142. The summed E-state index contributed by atoms with van der Waals surface area (Å²) in [7, 11) is -3.30. The topological polar surface area (TPSA) is 93.6 Å². The number of thioether (sulfide) groups is 1. The zero-order valence-corrected chi connectivity index (χ0v) is 18.7. The highest BCUT2D eigenvalue weighted by Crippen LogP contribution is 2.32. The highest BCUT2D eigenvalue weighted by atomic mass is 32.2. The second kappa shape index (κ2) is 9.27. The number of ether oxygens (including phenoxy) is 1. The predicted molar refractivity (Wildman–Crippen MR) is 114 cm³/mol. The van der Waals surface area contributed by atoms with E-state index in [0.717, 1.165) is 9.90 Å². The third kappa shape index (κ3) is 5.18. The molecule has 0 radical (unpaired) electrons. The molecule has 1 aliphatic rings. The molecule has 1 aliphatic heterocycles. The lowest BCUT2D eigenvalue weighted by Gasteiger charge is -2.18. The Labute approximate surface area is 178 Å². The van der Waals surface area contributed by atoms with Crippen LogP contribution < -0.4 is 4.31 Å². The van der Waals surface area contributed by atoms with Gasteiger partial charge in [0.25, 0.3) is 0 Å². The Bertz CT molecular complexity index is 1020. The Morgan fingerprint density at radius 1 is 1.31 bits per heavy atom. The number of hydrogen-bond donors (Lipinski definition) is 0. The van der Waals surface area contributed by atoms with Crippen molar-refractivity contribution in [2.24, 2.45) is 0 Å². The molecular formula is C19H22N2O5S3. The largest absolute Gasteiger partial charge is 0.466 e. The maximum absolute atomic E-state index is 12.6. The maximum Gasteiger partial charge on any atom is 0.311 e. The number of benzene rings is 1. The summed E-state index contributed by atoms with van der Waals surface area (Å²) in [6.45, 7) is 4.13. The zero-order chi connectivity index (χ0) is 21.0. The van der Waals surface area contributed by atoms with E-state index in [9.17, 15) is 18.0 Å². The van der Waals surface area contributed by atoms with E-state index in [1.54, 1.807) is 37.4 Å². The number of nitrogens with zero attached hydrogens (tertiary/aromatic N) is 2. The first-order valence-corrected chi connectivity index (χ1v) is 12.7. The molecule has 0 amide bonds. The molecule has 0 saturated carbocycles. The summed E-state index contributed by atoms with van der Waals surface area (Å²) >= 11 is 2.72. The summed E-state index contributed by atoms with van der Waals surface area (Å²) in [5.41, 5.74) is 2.75. The van der Waals surface area contributed by atoms with E-state index in [-0.39, 0.29) is 29.7 Å². The van der Waals surface area contributed by atoms with Gasteiger partial charge in [0.15, 0.2) is 10.1 Å². The number of carbonyl (C=O) groups is 2.